The van der Waals surface area contributed by atoms with E-state index in [0.29, 0.717) is 24.5 Å². The van der Waals surface area contributed by atoms with Crippen LogP contribution in [0.15, 0.2) is 41.2 Å². The molecule has 0 bridgehead atoms. The number of aromatic nitrogens is 1. The molecule has 1 heterocycles. The Hall–Kier alpha value is -1.27. The molecule has 116 valence electrons. The van der Waals surface area contributed by atoms with Gasteiger partial charge in [-0.3, -0.25) is 0 Å². The van der Waals surface area contributed by atoms with Gasteiger partial charge in [0.15, 0.2) is 0 Å². The molecule has 0 spiro atoms. The lowest BCUT2D eigenvalue weighted by atomic mass is 9.87. The van der Waals surface area contributed by atoms with Crippen molar-refractivity contribution >= 4 is 11.6 Å². The van der Waals surface area contributed by atoms with Crippen LogP contribution in [0.3, 0.4) is 0 Å². The van der Waals surface area contributed by atoms with Gasteiger partial charge < -0.3 is 25.4 Å². The number of aliphatic hydroxyl groups is 2. The topological polar surface area (TPSA) is 74.7 Å². The van der Waals surface area contributed by atoms with Gasteiger partial charge in [-0.1, -0.05) is 17.7 Å². The lowest BCUT2D eigenvalue weighted by Crippen LogP contribution is -2.41. The van der Waals surface area contributed by atoms with Crippen molar-refractivity contribution in [3.8, 4) is 0 Å². The van der Waals surface area contributed by atoms with Gasteiger partial charge >= 0.3 is 0 Å². The highest BCUT2D eigenvalue weighted by molar-refractivity contribution is 6.31. The van der Waals surface area contributed by atoms with Gasteiger partial charge in [-0.05, 0) is 24.6 Å². The zero-order valence-corrected chi connectivity index (χ0v) is 12.9. The second-order valence-electron chi connectivity index (χ2n) is 5.24. The smallest absolute Gasteiger partial charge is 0.0961 e. The van der Waals surface area contributed by atoms with Gasteiger partial charge in [-0.2, -0.15) is 0 Å². The minimum Gasteiger partial charge on any atom is -0.395 e. The first-order chi connectivity index (χ1) is 10.0. The highest BCUT2D eigenvalue weighted by atomic mass is 35.5. The lowest BCUT2D eigenvalue weighted by Gasteiger charge is -2.35. The van der Waals surface area contributed by atoms with E-state index in [1.54, 1.807) is 0 Å². The number of hydrogen-bond acceptors (Lipinski definition) is 4. The molecule has 1 aliphatic rings. The van der Waals surface area contributed by atoms with Crippen molar-refractivity contribution in [2.75, 3.05) is 26.3 Å². The first-order valence-corrected chi connectivity index (χ1v) is 7.36. The van der Waals surface area contributed by atoms with Crippen LogP contribution in [-0.4, -0.2) is 46.0 Å². The Bertz CT molecular complexity index is 547. The number of aryl methyl sites for hydroxylation is 1. The maximum Gasteiger partial charge on any atom is 0.0961 e. The fourth-order valence-corrected chi connectivity index (χ4v) is 2.95. The Kier molecular flexibility index (Phi) is 5.11. The van der Waals surface area contributed by atoms with Crippen molar-refractivity contribution in [1.82, 2.24) is 9.47 Å². The summed E-state index contributed by atoms with van der Waals surface area (Å²) in [6, 6.07) is 3.91. The fraction of sp³-hybridized carbons (Fsp3) is 0.467. The Labute approximate surface area is 129 Å². The van der Waals surface area contributed by atoms with E-state index >= 15 is 0 Å². The number of aliphatic hydroxyl groups excluding tert-OH is 2. The third kappa shape index (κ3) is 3.16. The third-order valence-corrected chi connectivity index (χ3v) is 4.29. The second-order valence-corrected chi connectivity index (χ2v) is 5.64. The van der Waals surface area contributed by atoms with E-state index in [1.807, 2.05) is 47.0 Å². The van der Waals surface area contributed by atoms with Crippen LogP contribution in [0, 0.1) is 0 Å². The molecule has 5 nitrogen and oxygen atoms in total. The molecule has 0 fully saturated rings. The van der Waals surface area contributed by atoms with E-state index in [0.717, 1.165) is 11.4 Å². The minimum atomic E-state index is -0.729. The molecule has 0 saturated carbocycles. The van der Waals surface area contributed by atoms with Crippen molar-refractivity contribution in [3.05, 3.63) is 46.9 Å². The molecule has 1 atom stereocenters. The van der Waals surface area contributed by atoms with Gasteiger partial charge in [-0.15, -0.1) is 0 Å². The molecule has 21 heavy (non-hydrogen) atoms. The SMILES string of the molecule is Cn1cccc1C1(N)CC=C(N(CCO)CCO)C=C1Cl. The molecule has 1 unspecified atom stereocenters. The highest BCUT2D eigenvalue weighted by Gasteiger charge is 2.35. The predicted molar refractivity (Wildman–Crippen MR) is 83.7 cm³/mol. The van der Waals surface area contributed by atoms with Gasteiger partial charge in [0.05, 0.1) is 18.8 Å². The van der Waals surface area contributed by atoms with Crippen LogP contribution in [0.4, 0.5) is 0 Å². The quantitative estimate of drug-likeness (QED) is 0.729. The van der Waals surface area contributed by atoms with E-state index in [9.17, 15) is 0 Å². The van der Waals surface area contributed by atoms with Crippen molar-refractivity contribution in [3.63, 3.8) is 0 Å². The molecule has 6 heteroatoms. The molecule has 1 aromatic heterocycles. The van der Waals surface area contributed by atoms with Gasteiger partial charge in [0.1, 0.15) is 0 Å². The van der Waals surface area contributed by atoms with E-state index in [2.05, 4.69) is 0 Å². The van der Waals surface area contributed by atoms with Gasteiger partial charge in [-0.25, -0.2) is 0 Å². The number of rotatable bonds is 6. The largest absolute Gasteiger partial charge is 0.395 e. The summed E-state index contributed by atoms with van der Waals surface area (Å²) in [5, 5.41) is 18.8. The summed E-state index contributed by atoms with van der Waals surface area (Å²) in [4.78, 5) is 1.90. The van der Waals surface area contributed by atoms with E-state index < -0.39 is 5.54 Å². The van der Waals surface area contributed by atoms with Gasteiger partial charge in [0.2, 0.25) is 0 Å². The number of hydrogen-bond donors (Lipinski definition) is 3. The maximum absolute atomic E-state index is 9.12. The number of allylic oxidation sites excluding steroid dienone is 1. The summed E-state index contributed by atoms with van der Waals surface area (Å²) in [5.74, 6) is 0. The normalized spacial score (nSPS) is 22.0. The second kappa shape index (κ2) is 6.66. The molecule has 2 rings (SSSR count). The molecule has 1 aliphatic carbocycles. The molecule has 0 radical (unpaired) electrons. The van der Waals surface area contributed by atoms with Crippen LogP contribution < -0.4 is 5.73 Å². The standard InChI is InChI=1S/C15H22ClN3O2/c1-18-6-2-3-14(18)15(17)5-4-12(11-13(15)16)19(7-9-20)8-10-21/h2-4,6,11,20-21H,5,7-10,17H2,1H3. The van der Waals surface area contributed by atoms with Crippen molar-refractivity contribution < 1.29 is 10.2 Å². The summed E-state index contributed by atoms with van der Waals surface area (Å²) in [6.45, 7) is 0.951. The molecule has 0 saturated heterocycles. The van der Waals surface area contributed by atoms with Crippen LogP contribution >= 0.6 is 11.6 Å². The Morgan fingerprint density at radius 3 is 2.52 bits per heavy atom. The molecule has 0 amide bonds. The lowest BCUT2D eigenvalue weighted by molar-refractivity contribution is 0.191. The molecular weight excluding hydrogens is 290 g/mol. The molecular formula is C15H22ClN3O2. The molecule has 0 aliphatic heterocycles. The summed E-state index contributed by atoms with van der Waals surface area (Å²) < 4.78 is 1.97. The zero-order chi connectivity index (χ0) is 15.5. The number of nitrogens with two attached hydrogens (primary N) is 1. The van der Waals surface area contributed by atoms with Crippen LogP contribution in [0.25, 0.3) is 0 Å². The Morgan fingerprint density at radius 1 is 1.38 bits per heavy atom. The number of halogens is 1. The maximum atomic E-state index is 9.12. The Balaban J connectivity index is 2.25. The fourth-order valence-electron chi connectivity index (χ4n) is 2.66. The van der Waals surface area contributed by atoms with Crippen LogP contribution in [0.2, 0.25) is 0 Å². The first kappa shape index (κ1) is 16.1. The predicted octanol–water partition coefficient (Wildman–Crippen LogP) is 0.876. The summed E-state index contributed by atoms with van der Waals surface area (Å²) >= 11 is 6.46. The molecule has 0 aromatic carbocycles. The monoisotopic (exact) mass is 311 g/mol. The van der Waals surface area contributed by atoms with E-state index in [-0.39, 0.29) is 13.2 Å². The summed E-state index contributed by atoms with van der Waals surface area (Å²) in [6.07, 6.45) is 6.34. The average molecular weight is 312 g/mol. The van der Waals surface area contributed by atoms with Crippen molar-refractivity contribution in [1.29, 1.82) is 0 Å². The van der Waals surface area contributed by atoms with Gasteiger partial charge in [0, 0.05) is 42.8 Å². The van der Waals surface area contributed by atoms with Crippen molar-refractivity contribution in [2.24, 2.45) is 12.8 Å². The number of nitrogens with zero attached hydrogens (tertiary/aromatic N) is 2. The molecule has 4 N–H and O–H groups in total. The van der Waals surface area contributed by atoms with Crippen LogP contribution in [0.1, 0.15) is 12.1 Å². The van der Waals surface area contributed by atoms with E-state index in [1.165, 1.54) is 0 Å². The third-order valence-electron chi connectivity index (χ3n) is 3.84. The highest BCUT2D eigenvalue weighted by Crippen LogP contribution is 2.38. The van der Waals surface area contributed by atoms with Crippen LogP contribution in [0.5, 0.6) is 0 Å². The zero-order valence-electron chi connectivity index (χ0n) is 12.2. The van der Waals surface area contributed by atoms with Gasteiger partial charge in [0.25, 0.3) is 0 Å². The first-order valence-electron chi connectivity index (χ1n) is 6.98. The van der Waals surface area contributed by atoms with Crippen LogP contribution in [-0.2, 0) is 12.6 Å². The van der Waals surface area contributed by atoms with E-state index in [4.69, 9.17) is 27.5 Å². The van der Waals surface area contributed by atoms with Crippen molar-refractivity contribution in [2.45, 2.75) is 12.0 Å². The minimum absolute atomic E-state index is 0.0222. The Morgan fingerprint density at radius 2 is 2.05 bits per heavy atom. The average Bonchev–Trinajstić information content (AvgIpc) is 2.89. The summed E-state index contributed by atoms with van der Waals surface area (Å²) in [5.41, 5.74) is 7.61. The summed E-state index contributed by atoms with van der Waals surface area (Å²) in [7, 11) is 1.94. The molecule has 1 aromatic rings.